The van der Waals surface area contributed by atoms with E-state index in [-0.39, 0.29) is 23.1 Å². The van der Waals surface area contributed by atoms with Crippen LogP contribution in [0.2, 0.25) is 0 Å². The summed E-state index contributed by atoms with van der Waals surface area (Å²) in [4.78, 5) is 31.2. The van der Waals surface area contributed by atoms with Crippen molar-refractivity contribution >= 4 is 29.6 Å². The molecule has 1 N–H and O–H groups in total. The Morgan fingerprint density at radius 2 is 1.18 bits per heavy atom. The maximum atomic E-state index is 13.5. The summed E-state index contributed by atoms with van der Waals surface area (Å²) in [6, 6.07) is 27.5. The van der Waals surface area contributed by atoms with Crippen molar-refractivity contribution < 1.29 is 14.7 Å². The highest BCUT2D eigenvalue weighted by molar-refractivity contribution is 7.96. The van der Waals surface area contributed by atoms with Crippen molar-refractivity contribution in [1.82, 2.24) is 13.5 Å². The van der Waals surface area contributed by atoms with E-state index in [2.05, 4.69) is 29.2 Å². The van der Waals surface area contributed by atoms with Crippen LogP contribution in [0, 0.1) is 0 Å². The molecule has 196 valence electrons. The number of rotatable bonds is 8. The maximum Gasteiger partial charge on any atom is 0.272 e. The first-order valence-electron chi connectivity index (χ1n) is 13.0. The number of hydrogen-bond acceptors (Lipinski definition) is 6. The van der Waals surface area contributed by atoms with Gasteiger partial charge in [-0.15, -0.1) is 0 Å². The standard InChI is InChI=1S/C30H32N4O3S/c35-28-14-8-7-13-27(28)32-21-19-31(20-22-32)23-26-29(36)33(17-15-24-9-3-1-4-10-24)38-34(30(26)37)18-16-25-11-5-2-6-12-25/h1-14,23,35H,15-22H2. The van der Waals surface area contributed by atoms with Crippen LogP contribution in [-0.2, 0) is 22.4 Å². The van der Waals surface area contributed by atoms with Crippen molar-refractivity contribution in [3.63, 3.8) is 0 Å². The molecular formula is C30H32N4O3S. The van der Waals surface area contributed by atoms with E-state index >= 15 is 0 Å². The molecule has 2 aliphatic heterocycles. The molecule has 0 spiro atoms. The topological polar surface area (TPSA) is 67.3 Å². The van der Waals surface area contributed by atoms with Crippen LogP contribution in [-0.4, -0.2) is 69.7 Å². The summed E-state index contributed by atoms with van der Waals surface area (Å²) in [5.41, 5.74) is 3.32. The average molecular weight is 529 g/mol. The number of anilines is 1. The number of carbonyl (C=O) groups excluding carboxylic acids is 2. The Morgan fingerprint density at radius 3 is 1.71 bits per heavy atom. The third-order valence-electron chi connectivity index (χ3n) is 6.85. The number of carbonyl (C=O) groups is 2. The molecule has 2 fully saturated rings. The molecule has 3 aromatic rings. The van der Waals surface area contributed by atoms with Crippen molar-refractivity contribution in [2.75, 3.05) is 44.2 Å². The zero-order valence-electron chi connectivity index (χ0n) is 21.3. The van der Waals surface area contributed by atoms with Gasteiger partial charge in [-0.05, 0) is 36.1 Å². The van der Waals surface area contributed by atoms with Crippen LogP contribution in [0.5, 0.6) is 5.75 Å². The lowest BCUT2D eigenvalue weighted by Gasteiger charge is -2.38. The molecule has 0 unspecified atom stereocenters. The third kappa shape index (κ3) is 6.14. The van der Waals surface area contributed by atoms with E-state index in [0.29, 0.717) is 52.1 Å². The van der Waals surface area contributed by atoms with E-state index in [4.69, 9.17) is 0 Å². The third-order valence-corrected chi connectivity index (χ3v) is 7.94. The van der Waals surface area contributed by atoms with Crippen LogP contribution in [0.3, 0.4) is 0 Å². The zero-order chi connectivity index (χ0) is 26.3. The number of para-hydroxylation sites is 2. The van der Waals surface area contributed by atoms with Gasteiger partial charge < -0.3 is 14.9 Å². The highest BCUT2D eigenvalue weighted by Gasteiger charge is 2.37. The lowest BCUT2D eigenvalue weighted by atomic mass is 10.1. The van der Waals surface area contributed by atoms with Crippen LogP contribution in [0.15, 0.2) is 96.7 Å². The summed E-state index contributed by atoms with van der Waals surface area (Å²) in [5.74, 6) is -0.220. The first-order chi connectivity index (χ1) is 18.6. The largest absolute Gasteiger partial charge is 0.506 e. The molecular weight excluding hydrogens is 496 g/mol. The second kappa shape index (κ2) is 12.1. The fourth-order valence-corrected chi connectivity index (χ4v) is 5.63. The summed E-state index contributed by atoms with van der Waals surface area (Å²) in [6.07, 6.45) is 3.18. The number of nitrogens with zero attached hydrogens (tertiary/aromatic N) is 4. The van der Waals surface area contributed by atoms with Gasteiger partial charge in [0.1, 0.15) is 11.3 Å². The number of phenols is 1. The Balaban J connectivity index is 1.30. The molecule has 0 saturated carbocycles. The first kappa shape index (κ1) is 25.7. The lowest BCUT2D eigenvalue weighted by Crippen LogP contribution is -2.48. The number of amides is 2. The zero-order valence-corrected chi connectivity index (χ0v) is 22.1. The second-order valence-corrected chi connectivity index (χ2v) is 10.5. The van der Waals surface area contributed by atoms with E-state index in [9.17, 15) is 14.7 Å². The highest BCUT2D eigenvalue weighted by atomic mass is 32.2. The van der Waals surface area contributed by atoms with Crippen LogP contribution < -0.4 is 4.90 Å². The van der Waals surface area contributed by atoms with Gasteiger partial charge in [-0.1, -0.05) is 72.8 Å². The fourth-order valence-electron chi connectivity index (χ4n) is 4.71. The van der Waals surface area contributed by atoms with Crippen LogP contribution in [0.1, 0.15) is 11.1 Å². The van der Waals surface area contributed by atoms with Crippen molar-refractivity contribution in [1.29, 1.82) is 0 Å². The predicted octanol–water partition coefficient (Wildman–Crippen LogP) is 4.12. The molecule has 38 heavy (non-hydrogen) atoms. The number of hydrogen-bond donors (Lipinski definition) is 1. The Hall–Kier alpha value is -3.91. The molecule has 3 aromatic carbocycles. The normalized spacial score (nSPS) is 16.3. The number of piperazine rings is 1. The number of phenolic OH excluding ortho intramolecular Hbond substituents is 1. The van der Waals surface area contributed by atoms with Crippen LogP contribution in [0.4, 0.5) is 5.69 Å². The molecule has 7 nitrogen and oxygen atoms in total. The molecule has 0 radical (unpaired) electrons. The molecule has 0 aliphatic carbocycles. The molecule has 2 heterocycles. The minimum absolute atomic E-state index is 0.209. The number of aromatic hydroxyl groups is 1. The molecule has 2 amide bonds. The summed E-state index contributed by atoms with van der Waals surface area (Å²) in [5, 5.41) is 10.2. The van der Waals surface area contributed by atoms with Crippen molar-refractivity contribution in [2.24, 2.45) is 0 Å². The van der Waals surface area contributed by atoms with Gasteiger partial charge in [-0.3, -0.25) is 18.2 Å². The monoisotopic (exact) mass is 528 g/mol. The Morgan fingerprint density at radius 1 is 0.684 bits per heavy atom. The van der Waals surface area contributed by atoms with Gasteiger partial charge in [0.25, 0.3) is 11.8 Å². The van der Waals surface area contributed by atoms with Gasteiger partial charge in [-0.25, -0.2) is 0 Å². The van der Waals surface area contributed by atoms with Gasteiger partial charge in [-0.2, -0.15) is 0 Å². The van der Waals surface area contributed by atoms with E-state index < -0.39 is 0 Å². The fraction of sp³-hybridized carbons (Fsp3) is 0.267. The smallest absolute Gasteiger partial charge is 0.272 e. The number of benzene rings is 3. The van der Waals surface area contributed by atoms with Crippen LogP contribution in [0.25, 0.3) is 0 Å². The van der Waals surface area contributed by atoms with Crippen LogP contribution >= 0.6 is 12.1 Å². The Labute approximate surface area is 228 Å². The van der Waals surface area contributed by atoms with Gasteiger partial charge in [0, 0.05) is 45.5 Å². The summed E-state index contributed by atoms with van der Waals surface area (Å²) >= 11 is 1.22. The highest BCUT2D eigenvalue weighted by Crippen LogP contribution is 2.30. The van der Waals surface area contributed by atoms with Gasteiger partial charge >= 0.3 is 0 Å². The molecule has 0 bridgehead atoms. The maximum absolute atomic E-state index is 13.5. The quantitative estimate of drug-likeness (QED) is 0.270. The minimum atomic E-state index is -0.241. The van der Waals surface area contributed by atoms with Gasteiger partial charge in [0.15, 0.2) is 0 Å². The van der Waals surface area contributed by atoms with Gasteiger partial charge in [0.2, 0.25) is 0 Å². The van der Waals surface area contributed by atoms with E-state index in [1.165, 1.54) is 12.1 Å². The summed E-state index contributed by atoms with van der Waals surface area (Å²) in [6.45, 7) is 3.71. The van der Waals surface area contributed by atoms with Crippen molar-refractivity contribution in [3.8, 4) is 5.75 Å². The Bertz CT molecular complexity index is 1210. The SMILES string of the molecule is O=C1C(=CN2CCN(c3ccccc3O)CC2)C(=O)N(CCc2ccccc2)SN1CCc1ccccc1. The lowest BCUT2D eigenvalue weighted by molar-refractivity contribution is -0.131. The molecule has 8 heteroatoms. The summed E-state index contributed by atoms with van der Waals surface area (Å²) in [7, 11) is 0. The molecule has 2 saturated heterocycles. The van der Waals surface area contributed by atoms with Crippen molar-refractivity contribution in [3.05, 3.63) is 108 Å². The molecule has 5 rings (SSSR count). The van der Waals surface area contributed by atoms with E-state index in [1.807, 2.05) is 59.5 Å². The van der Waals surface area contributed by atoms with Crippen molar-refractivity contribution in [2.45, 2.75) is 12.8 Å². The predicted molar refractivity (Wildman–Crippen MR) is 151 cm³/mol. The first-order valence-corrected chi connectivity index (χ1v) is 13.7. The second-order valence-electron chi connectivity index (χ2n) is 9.42. The Kier molecular flexibility index (Phi) is 8.19. The summed E-state index contributed by atoms with van der Waals surface area (Å²) < 4.78 is 3.42. The van der Waals surface area contributed by atoms with Gasteiger partial charge in [0.05, 0.1) is 17.8 Å². The average Bonchev–Trinajstić information content (AvgIpc) is 2.96. The van der Waals surface area contributed by atoms with E-state index in [1.54, 1.807) is 20.9 Å². The molecule has 0 atom stereocenters. The van der Waals surface area contributed by atoms with E-state index in [0.717, 1.165) is 16.8 Å². The molecule has 2 aliphatic rings. The minimum Gasteiger partial charge on any atom is -0.506 e. The molecule has 0 aromatic heterocycles.